The van der Waals surface area contributed by atoms with Gasteiger partial charge in [0, 0.05) is 61.7 Å². The lowest BCUT2D eigenvalue weighted by molar-refractivity contribution is -0.0118. The molecule has 0 N–H and O–H groups in total. The summed E-state index contributed by atoms with van der Waals surface area (Å²) in [6, 6.07) is 19.6. The van der Waals surface area contributed by atoms with Crippen molar-refractivity contribution in [2.45, 2.75) is 19.4 Å². The van der Waals surface area contributed by atoms with E-state index in [-0.39, 0.29) is 11.4 Å². The number of carbonyl (C=O) groups is 1. The minimum absolute atomic E-state index is 0.0475. The lowest BCUT2D eigenvalue weighted by atomic mass is 9.86. The van der Waals surface area contributed by atoms with E-state index in [0.29, 0.717) is 35.7 Å². The van der Waals surface area contributed by atoms with Gasteiger partial charge in [-0.3, -0.25) is 14.7 Å². The molecule has 7 heteroatoms. The molecule has 1 aliphatic heterocycles. The molecule has 0 spiro atoms. The van der Waals surface area contributed by atoms with Crippen LogP contribution in [-0.2, 0) is 10.3 Å². The third-order valence-electron chi connectivity index (χ3n) is 7.15. The highest BCUT2D eigenvalue weighted by atomic mass is 16.5. The normalized spacial score (nSPS) is 14.5. The Kier molecular flexibility index (Phi) is 6.55. The molecule has 4 aromatic rings. The molecule has 2 aromatic heterocycles. The number of hydrogen-bond donors (Lipinski definition) is 0. The summed E-state index contributed by atoms with van der Waals surface area (Å²) in [6.45, 7) is 7.40. The standard InChI is InChI=1S/C30H30N4O3/c1-30(2,34-13-15-36-16-14-34)25-10-9-22(17-23(25)19-31)24-11-12-32-26-18-27(37-28(24)26)20-5-7-21(8-6-20)29(35)33(3)4/h5-12,17-18H,13-16H2,1-4H3. The lowest BCUT2D eigenvalue weighted by Crippen LogP contribution is -2.48. The van der Waals surface area contributed by atoms with Crippen molar-refractivity contribution in [1.29, 1.82) is 5.26 Å². The number of nitrogens with zero attached hydrogens (tertiary/aromatic N) is 4. The Morgan fingerprint density at radius 2 is 1.73 bits per heavy atom. The van der Waals surface area contributed by atoms with Crippen molar-refractivity contribution in [2.24, 2.45) is 0 Å². The number of ether oxygens (including phenoxy) is 1. The van der Waals surface area contributed by atoms with Gasteiger partial charge in [-0.15, -0.1) is 0 Å². The number of aromatic nitrogens is 1. The molecule has 0 radical (unpaired) electrons. The molecule has 5 rings (SSSR count). The van der Waals surface area contributed by atoms with Gasteiger partial charge in [0.1, 0.15) is 11.3 Å². The molecule has 37 heavy (non-hydrogen) atoms. The summed E-state index contributed by atoms with van der Waals surface area (Å²) in [5.74, 6) is 0.623. The first-order valence-corrected chi connectivity index (χ1v) is 12.4. The molecule has 0 atom stereocenters. The van der Waals surface area contributed by atoms with E-state index in [2.05, 4.69) is 41.9 Å². The van der Waals surface area contributed by atoms with Crippen LogP contribution >= 0.6 is 0 Å². The summed E-state index contributed by atoms with van der Waals surface area (Å²) in [7, 11) is 3.47. The van der Waals surface area contributed by atoms with Gasteiger partial charge in [0.05, 0.1) is 24.8 Å². The number of carbonyl (C=O) groups excluding carboxylic acids is 1. The summed E-state index contributed by atoms with van der Waals surface area (Å²) in [4.78, 5) is 20.6. The van der Waals surface area contributed by atoms with Gasteiger partial charge in [0.15, 0.2) is 5.58 Å². The Balaban J connectivity index is 1.51. The third-order valence-corrected chi connectivity index (χ3v) is 7.15. The Hall–Kier alpha value is -3.99. The molecule has 1 saturated heterocycles. The highest BCUT2D eigenvalue weighted by Gasteiger charge is 2.32. The maximum Gasteiger partial charge on any atom is 0.253 e. The van der Waals surface area contributed by atoms with Crippen LogP contribution in [0.1, 0.15) is 35.3 Å². The molecular formula is C30H30N4O3. The molecule has 0 unspecified atom stereocenters. The van der Waals surface area contributed by atoms with Crippen LogP contribution in [0.4, 0.5) is 0 Å². The first-order chi connectivity index (χ1) is 17.8. The van der Waals surface area contributed by atoms with Crippen molar-refractivity contribution in [1.82, 2.24) is 14.8 Å². The fourth-order valence-corrected chi connectivity index (χ4v) is 4.97. The fourth-order valence-electron chi connectivity index (χ4n) is 4.97. The zero-order valence-corrected chi connectivity index (χ0v) is 21.6. The summed E-state index contributed by atoms with van der Waals surface area (Å²) >= 11 is 0. The molecule has 7 nitrogen and oxygen atoms in total. The summed E-state index contributed by atoms with van der Waals surface area (Å²) in [5, 5.41) is 10.1. The second kappa shape index (κ2) is 9.81. The Morgan fingerprint density at radius 1 is 1.03 bits per heavy atom. The van der Waals surface area contributed by atoms with Crippen molar-refractivity contribution in [3.63, 3.8) is 0 Å². The van der Waals surface area contributed by atoms with Gasteiger partial charge in [-0.2, -0.15) is 5.26 Å². The van der Waals surface area contributed by atoms with Gasteiger partial charge in [-0.05, 0) is 49.2 Å². The van der Waals surface area contributed by atoms with Crippen molar-refractivity contribution in [3.8, 4) is 28.5 Å². The zero-order valence-electron chi connectivity index (χ0n) is 21.6. The Bertz CT molecular complexity index is 1490. The first-order valence-electron chi connectivity index (χ1n) is 12.4. The van der Waals surface area contributed by atoms with Crippen molar-refractivity contribution in [3.05, 3.63) is 77.5 Å². The molecule has 188 valence electrons. The number of nitriles is 1. The topological polar surface area (TPSA) is 82.6 Å². The number of pyridine rings is 1. The van der Waals surface area contributed by atoms with Crippen LogP contribution in [0.5, 0.6) is 0 Å². The minimum atomic E-state index is -0.293. The predicted octanol–water partition coefficient (Wildman–Crippen LogP) is 5.30. The Morgan fingerprint density at radius 3 is 2.41 bits per heavy atom. The van der Waals surface area contributed by atoms with Crippen LogP contribution in [0.3, 0.4) is 0 Å². The predicted molar refractivity (Wildman–Crippen MR) is 143 cm³/mol. The van der Waals surface area contributed by atoms with E-state index in [9.17, 15) is 10.1 Å². The number of benzene rings is 2. The van der Waals surface area contributed by atoms with E-state index in [1.807, 2.05) is 30.3 Å². The third kappa shape index (κ3) is 4.62. The number of hydrogen-bond acceptors (Lipinski definition) is 6. The van der Waals surface area contributed by atoms with Crippen molar-refractivity contribution in [2.75, 3.05) is 40.4 Å². The number of amides is 1. The van der Waals surface area contributed by atoms with E-state index in [1.54, 1.807) is 37.3 Å². The summed E-state index contributed by atoms with van der Waals surface area (Å²) < 4.78 is 11.8. The lowest BCUT2D eigenvalue weighted by Gasteiger charge is -2.41. The van der Waals surface area contributed by atoms with Crippen LogP contribution < -0.4 is 0 Å². The van der Waals surface area contributed by atoms with Crippen molar-refractivity contribution >= 4 is 17.0 Å². The molecule has 2 aromatic carbocycles. The van der Waals surface area contributed by atoms with Gasteiger partial charge in [0.25, 0.3) is 5.91 Å². The maximum absolute atomic E-state index is 12.2. The van der Waals surface area contributed by atoms with Crippen LogP contribution in [0.25, 0.3) is 33.6 Å². The van der Waals surface area contributed by atoms with Gasteiger partial charge in [-0.1, -0.05) is 24.3 Å². The van der Waals surface area contributed by atoms with Crippen LogP contribution in [0, 0.1) is 11.3 Å². The van der Waals surface area contributed by atoms with E-state index in [4.69, 9.17) is 9.15 Å². The first kappa shape index (κ1) is 24.7. The van der Waals surface area contributed by atoms with E-state index >= 15 is 0 Å². The average molecular weight is 495 g/mol. The number of furan rings is 1. The van der Waals surface area contributed by atoms with Crippen LogP contribution in [0.2, 0.25) is 0 Å². The second-order valence-electron chi connectivity index (χ2n) is 9.99. The molecule has 1 amide bonds. The van der Waals surface area contributed by atoms with Crippen LogP contribution in [-0.4, -0.2) is 61.1 Å². The largest absolute Gasteiger partial charge is 0.454 e. The molecule has 1 fully saturated rings. The zero-order chi connectivity index (χ0) is 26.2. The minimum Gasteiger partial charge on any atom is -0.454 e. The monoisotopic (exact) mass is 494 g/mol. The highest BCUT2D eigenvalue weighted by Crippen LogP contribution is 2.37. The molecular weight excluding hydrogens is 464 g/mol. The van der Waals surface area contributed by atoms with E-state index < -0.39 is 0 Å². The average Bonchev–Trinajstić information content (AvgIpc) is 3.37. The van der Waals surface area contributed by atoms with Gasteiger partial charge < -0.3 is 14.1 Å². The van der Waals surface area contributed by atoms with Crippen LogP contribution in [0.15, 0.2) is 65.2 Å². The van der Waals surface area contributed by atoms with E-state index in [1.165, 1.54) is 0 Å². The number of fused-ring (bicyclic) bond motifs is 1. The van der Waals surface area contributed by atoms with Gasteiger partial charge in [-0.25, -0.2) is 0 Å². The molecule has 1 aliphatic rings. The SMILES string of the molecule is CN(C)C(=O)c1ccc(-c2cc3nccc(-c4ccc(C(C)(C)N5CCOCC5)c(C#N)c4)c3o2)cc1. The van der Waals surface area contributed by atoms with Gasteiger partial charge in [0.2, 0.25) is 0 Å². The summed E-state index contributed by atoms with van der Waals surface area (Å²) in [6.07, 6.45) is 1.76. The maximum atomic E-state index is 12.2. The highest BCUT2D eigenvalue weighted by molar-refractivity contribution is 5.95. The molecule has 0 saturated carbocycles. The number of rotatable bonds is 5. The number of morpholine rings is 1. The quantitative estimate of drug-likeness (QED) is 0.374. The smallest absolute Gasteiger partial charge is 0.253 e. The summed E-state index contributed by atoms with van der Waals surface area (Å²) in [5.41, 5.74) is 6.00. The van der Waals surface area contributed by atoms with E-state index in [0.717, 1.165) is 40.9 Å². The molecule has 0 aliphatic carbocycles. The molecule has 3 heterocycles. The molecule has 0 bridgehead atoms. The Labute approximate surface area is 216 Å². The van der Waals surface area contributed by atoms with Gasteiger partial charge >= 0.3 is 0 Å². The second-order valence-corrected chi connectivity index (χ2v) is 9.99. The fraction of sp³-hybridized carbons (Fsp3) is 0.300. The van der Waals surface area contributed by atoms with Crippen molar-refractivity contribution < 1.29 is 13.9 Å².